The zero-order chi connectivity index (χ0) is 16.2. The molecule has 0 saturated carbocycles. The van der Waals surface area contributed by atoms with Crippen molar-refractivity contribution in [3.63, 3.8) is 0 Å². The number of aromatic nitrogens is 2. The summed E-state index contributed by atoms with van der Waals surface area (Å²) in [7, 11) is 0. The lowest BCUT2D eigenvalue weighted by Crippen LogP contribution is -2.04. The number of nitrogens with zero attached hydrogens (tertiary/aromatic N) is 2. The Kier molecular flexibility index (Phi) is 4.01. The Morgan fingerprint density at radius 2 is 2.09 bits per heavy atom. The van der Waals surface area contributed by atoms with E-state index in [0.29, 0.717) is 23.6 Å². The van der Waals surface area contributed by atoms with Gasteiger partial charge in [-0.2, -0.15) is 0 Å². The van der Waals surface area contributed by atoms with Gasteiger partial charge in [0.2, 0.25) is 0 Å². The van der Waals surface area contributed by atoms with Crippen molar-refractivity contribution in [2.24, 2.45) is 5.18 Å². The Morgan fingerprint density at radius 1 is 1.30 bits per heavy atom. The zero-order valence-electron chi connectivity index (χ0n) is 12.4. The average Bonchev–Trinajstić information content (AvgIpc) is 3.01. The van der Waals surface area contributed by atoms with Gasteiger partial charge in [0.05, 0.1) is 12.3 Å². The van der Waals surface area contributed by atoms with Gasteiger partial charge < -0.3 is 15.0 Å². The first-order chi connectivity index (χ1) is 11.2. The number of carbonyl (C=O) groups is 1. The normalized spacial score (nSPS) is 10.5. The number of benzene rings is 1. The molecule has 2 aromatic heterocycles. The fourth-order valence-electron chi connectivity index (χ4n) is 2.22. The third-order valence-electron chi connectivity index (χ3n) is 3.28. The minimum absolute atomic E-state index is 0.309. The highest BCUT2D eigenvalue weighted by Crippen LogP contribution is 2.27. The Hall–Kier alpha value is -3.22. The monoisotopic (exact) mass is 310 g/mol. The van der Waals surface area contributed by atoms with Gasteiger partial charge in [-0.05, 0) is 48.5 Å². The number of nitrogens with one attached hydrogen (secondary N) is 2. The number of nitroso groups, excluding NO2 is 1. The first kappa shape index (κ1) is 14.7. The number of rotatable bonds is 5. The molecule has 0 spiro atoms. The summed E-state index contributed by atoms with van der Waals surface area (Å²) in [5, 5.41) is 6.86. The Balaban J connectivity index is 1.93. The van der Waals surface area contributed by atoms with Gasteiger partial charge in [-0.15, -0.1) is 4.91 Å². The summed E-state index contributed by atoms with van der Waals surface area (Å²) < 4.78 is 4.98. The fourth-order valence-corrected chi connectivity index (χ4v) is 2.22. The molecule has 0 unspecified atom stereocenters. The molecule has 0 amide bonds. The maximum absolute atomic E-state index is 11.8. The summed E-state index contributed by atoms with van der Waals surface area (Å²) in [4.78, 5) is 29.4. The number of esters is 1. The molecule has 1 aromatic carbocycles. The van der Waals surface area contributed by atoms with Gasteiger partial charge in [-0.3, -0.25) is 0 Å². The van der Waals surface area contributed by atoms with E-state index in [0.717, 1.165) is 16.8 Å². The molecule has 0 aliphatic rings. The highest BCUT2D eigenvalue weighted by molar-refractivity contribution is 5.99. The second kappa shape index (κ2) is 6.27. The lowest BCUT2D eigenvalue weighted by atomic mass is 10.2. The fraction of sp³-hybridized carbons (Fsp3) is 0.125. The van der Waals surface area contributed by atoms with Crippen LogP contribution in [0.25, 0.3) is 11.0 Å². The highest BCUT2D eigenvalue weighted by atomic mass is 16.5. The van der Waals surface area contributed by atoms with Crippen molar-refractivity contribution in [2.45, 2.75) is 6.92 Å². The number of pyridine rings is 1. The van der Waals surface area contributed by atoms with Crippen LogP contribution in [-0.2, 0) is 4.74 Å². The standard InChI is InChI=1S/C16H14N4O3/c1-2-23-16(21)14-9-12-13(7-8-17-15(12)19-14)18-10-3-5-11(20-22)6-4-10/h3-9H,2H2,1H3,(H2,17,18,19). The molecular weight excluding hydrogens is 296 g/mol. The van der Waals surface area contributed by atoms with Gasteiger partial charge in [0.1, 0.15) is 17.0 Å². The van der Waals surface area contributed by atoms with Crippen LogP contribution in [0.15, 0.2) is 47.8 Å². The van der Waals surface area contributed by atoms with Crippen LogP contribution in [0.3, 0.4) is 0 Å². The largest absolute Gasteiger partial charge is 0.461 e. The molecule has 0 bridgehead atoms. The molecule has 23 heavy (non-hydrogen) atoms. The summed E-state index contributed by atoms with van der Waals surface area (Å²) in [6, 6.07) is 10.2. The number of aromatic amines is 1. The van der Waals surface area contributed by atoms with Crippen molar-refractivity contribution in [1.82, 2.24) is 9.97 Å². The molecule has 3 rings (SSSR count). The first-order valence-corrected chi connectivity index (χ1v) is 7.06. The maximum atomic E-state index is 11.8. The van der Waals surface area contributed by atoms with Crippen LogP contribution in [-0.4, -0.2) is 22.5 Å². The Morgan fingerprint density at radius 3 is 2.78 bits per heavy atom. The molecule has 3 aromatic rings. The number of H-pyrrole nitrogens is 1. The van der Waals surface area contributed by atoms with Crippen LogP contribution in [0.4, 0.5) is 17.1 Å². The molecule has 0 atom stereocenters. The van der Waals surface area contributed by atoms with E-state index in [-0.39, 0.29) is 0 Å². The van der Waals surface area contributed by atoms with Gasteiger partial charge in [0.25, 0.3) is 0 Å². The van der Waals surface area contributed by atoms with Gasteiger partial charge >= 0.3 is 5.97 Å². The van der Waals surface area contributed by atoms with E-state index in [9.17, 15) is 9.70 Å². The van der Waals surface area contributed by atoms with Crippen LogP contribution >= 0.6 is 0 Å². The van der Waals surface area contributed by atoms with Crippen LogP contribution in [0.5, 0.6) is 0 Å². The number of anilines is 2. The topological polar surface area (TPSA) is 96.4 Å². The molecule has 7 nitrogen and oxygen atoms in total. The lowest BCUT2D eigenvalue weighted by molar-refractivity contribution is 0.0520. The number of carbonyl (C=O) groups excluding carboxylic acids is 1. The molecule has 0 aliphatic carbocycles. The van der Waals surface area contributed by atoms with Gasteiger partial charge in [0.15, 0.2) is 0 Å². The van der Waals surface area contributed by atoms with Crippen molar-refractivity contribution in [1.29, 1.82) is 0 Å². The van der Waals surface area contributed by atoms with Gasteiger partial charge in [-0.25, -0.2) is 9.78 Å². The van der Waals surface area contributed by atoms with Gasteiger partial charge in [-0.1, -0.05) is 0 Å². The zero-order valence-corrected chi connectivity index (χ0v) is 12.4. The second-order valence-corrected chi connectivity index (χ2v) is 4.79. The average molecular weight is 310 g/mol. The number of hydrogen-bond donors (Lipinski definition) is 2. The highest BCUT2D eigenvalue weighted by Gasteiger charge is 2.13. The van der Waals surface area contributed by atoms with Crippen molar-refractivity contribution in [3.05, 3.63) is 53.2 Å². The molecule has 0 fully saturated rings. The lowest BCUT2D eigenvalue weighted by Gasteiger charge is -2.07. The van der Waals surface area contributed by atoms with E-state index in [1.807, 2.05) is 0 Å². The minimum Gasteiger partial charge on any atom is -0.461 e. The van der Waals surface area contributed by atoms with Crippen molar-refractivity contribution in [2.75, 3.05) is 11.9 Å². The molecule has 2 N–H and O–H groups in total. The van der Waals surface area contributed by atoms with E-state index in [4.69, 9.17) is 4.74 Å². The Labute approximate surface area is 131 Å². The van der Waals surface area contributed by atoms with E-state index in [1.54, 1.807) is 49.5 Å². The predicted octanol–water partition coefficient (Wildman–Crippen LogP) is 3.88. The molecule has 116 valence electrons. The number of ether oxygens (including phenoxy) is 1. The second-order valence-electron chi connectivity index (χ2n) is 4.79. The predicted molar refractivity (Wildman–Crippen MR) is 87.2 cm³/mol. The quantitative estimate of drug-likeness (QED) is 0.550. The van der Waals surface area contributed by atoms with Crippen molar-refractivity contribution >= 4 is 34.1 Å². The van der Waals surface area contributed by atoms with E-state index in [1.165, 1.54) is 0 Å². The van der Waals surface area contributed by atoms with Crippen molar-refractivity contribution in [3.8, 4) is 0 Å². The maximum Gasteiger partial charge on any atom is 0.354 e. The van der Waals surface area contributed by atoms with E-state index in [2.05, 4.69) is 20.5 Å². The third-order valence-corrected chi connectivity index (χ3v) is 3.28. The summed E-state index contributed by atoms with van der Waals surface area (Å²) in [6.45, 7) is 2.06. The van der Waals surface area contributed by atoms with Gasteiger partial charge in [0, 0.05) is 17.3 Å². The minimum atomic E-state index is -0.419. The van der Waals surface area contributed by atoms with Crippen LogP contribution in [0.1, 0.15) is 17.4 Å². The smallest absolute Gasteiger partial charge is 0.354 e. The van der Waals surface area contributed by atoms with Crippen LogP contribution < -0.4 is 5.32 Å². The number of fused-ring (bicyclic) bond motifs is 1. The molecule has 0 radical (unpaired) electrons. The summed E-state index contributed by atoms with van der Waals surface area (Å²) in [5.41, 5.74) is 2.88. The summed E-state index contributed by atoms with van der Waals surface area (Å²) in [6.07, 6.45) is 1.64. The van der Waals surface area contributed by atoms with E-state index >= 15 is 0 Å². The molecule has 7 heteroatoms. The first-order valence-electron chi connectivity index (χ1n) is 7.06. The van der Waals surface area contributed by atoms with Crippen LogP contribution in [0, 0.1) is 4.91 Å². The van der Waals surface area contributed by atoms with Crippen LogP contribution in [0.2, 0.25) is 0 Å². The summed E-state index contributed by atoms with van der Waals surface area (Å²) >= 11 is 0. The third kappa shape index (κ3) is 3.03. The molecule has 0 saturated heterocycles. The molecule has 2 heterocycles. The molecular formula is C16H14N4O3. The van der Waals surface area contributed by atoms with Crippen molar-refractivity contribution < 1.29 is 9.53 Å². The summed E-state index contributed by atoms with van der Waals surface area (Å²) in [5.74, 6) is -0.419. The SMILES string of the molecule is CCOC(=O)c1cc2c(Nc3ccc(N=O)cc3)ccnc2[nH]1. The Bertz CT molecular complexity index is 855. The molecule has 0 aliphatic heterocycles. The van der Waals surface area contributed by atoms with E-state index < -0.39 is 5.97 Å². The number of hydrogen-bond acceptors (Lipinski definition) is 6.